The number of rotatable bonds is 64. The highest BCUT2D eigenvalue weighted by molar-refractivity contribution is 6.21. The van der Waals surface area contributed by atoms with Crippen molar-refractivity contribution in [2.24, 2.45) is 11.8 Å². The fourth-order valence-corrected chi connectivity index (χ4v) is 13.2. The standard InChI is InChI=1S/C70H140Cl2O3/c1-7-11-15-19-23-27-31-35-39-43-47-51-55-59-67(71)65(57-53-49-45-41-37-33-29-25-21-17-13-9-3)69(61-63(5)73)75-70(62-64(6)74)66(58-54-50-46-42-38-34-30-26-22-18-14-10-4)68(72)60-56-52-48-44-40-36-32-28-24-20-16-12-8-2/h63-70,73-74H,7-62H2,1-6H3. The molecule has 2 N–H and O–H groups in total. The minimum absolute atomic E-state index is 0.0220. The molecule has 8 atom stereocenters. The largest absolute Gasteiger partial charge is 0.393 e. The van der Waals surface area contributed by atoms with Crippen molar-refractivity contribution >= 4 is 23.2 Å². The number of unbranched alkanes of at least 4 members (excludes halogenated alkanes) is 46. The topological polar surface area (TPSA) is 49.7 Å². The van der Waals surface area contributed by atoms with E-state index in [1.807, 2.05) is 13.8 Å². The summed E-state index contributed by atoms with van der Waals surface area (Å²) in [5.41, 5.74) is 0. The van der Waals surface area contributed by atoms with Crippen LogP contribution in [0.25, 0.3) is 0 Å². The SMILES string of the molecule is CCCCCCCCCCCCCCCC(Cl)C(CCCCCCCCCCCCCC)C(CC(C)O)OC(CC(C)O)C(CCCCCCCCCCCCCC)C(Cl)CCCCCCCCCCCCCCC. The van der Waals surface area contributed by atoms with Gasteiger partial charge in [0.1, 0.15) is 0 Å². The summed E-state index contributed by atoms with van der Waals surface area (Å²) >= 11 is 15.3. The maximum Gasteiger partial charge on any atom is 0.0645 e. The number of hydrogen-bond donors (Lipinski definition) is 2. The molecule has 0 aromatic heterocycles. The van der Waals surface area contributed by atoms with Crippen molar-refractivity contribution < 1.29 is 14.9 Å². The summed E-state index contributed by atoms with van der Waals surface area (Å²) in [7, 11) is 0. The van der Waals surface area contributed by atoms with E-state index in [-0.39, 0.29) is 34.8 Å². The third-order valence-electron chi connectivity index (χ3n) is 17.3. The van der Waals surface area contributed by atoms with Gasteiger partial charge in [0.05, 0.1) is 24.4 Å². The molecule has 0 aliphatic heterocycles. The molecule has 0 aliphatic carbocycles. The van der Waals surface area contributed by atoms with E-state index >= 15 is 0 Å². The van der Waals surface area contributed by atoms with Gasteiger partial charge in [0.2, 0.25) is 0 Å². The normalized spacial score (nSPS) is 15.3. The molecular formula is C70H140Cl2O3. The van der Waals surface area contributed by atoms with Gasteiger partial charge in [0, 0.05) is 22.6 Å². The van der Waals surface area contributed by atoms with E-state index in [9.17, 15) is 10.2 Å². The van der Waals surface area contributed by atoms with E-state index in [4.69, 9.17) is 27.9 Å². The molecule has 0 aromatic rings. The lowest BCUT2D eigenvalue weighted by molar-refractivity contribution is -0.102. The van der Waals surface area contributed by atoms with Crippen LogP contribution in [0.1, 0.15) is 401 Å². The lowest BCUT2D eigenvalue weighted by Gasteiger charge is -2.39. The Kier molecular flexibility index (Phi) is 60.9. The third kappa shape index (κ3) is 52.3. The van der Waals surface area contributed by atoms with Gasteiger partial charge in [0.15, 0.2) is 0 Å². The number of ether oxygens (including phenoxy) is 1. The van der Waals surface area contributed by atoms with E-state index < -0.39 is 12.2 Å². The molecule has 0 aromatic carbocycles. The minimum Gasteiger partial charge on any atom is -0.393 e. The van der Waals surface area contributed by atoms with Crippen molar-refractivity contribution in [2.45, 2.75) is 436 Å². The zero-order valence-corrected chi connectivity index (χ0v) is 53.8. The molecule has 5 heteroatoms. The average Bonchev–Trinajstić information content (AvgIpc) is 3.38. The quantitative estimate of drug-likeness (QED) is 0.0471. The minimum atomic E-state index is -0.473. The monoisotopic (exact) mass is 1100 g/mol. The second kappa shape index (κ2) is 60.6. The van der Waals surface area contributed by atoms with Crippen molar-refractivity contribution in [3.05, 3.63) is 0 Å². The predicted molar refractivity (Wildman–Crippen MR) is 340 cm³/mol. The Labute approximate surface area is 483 Å². The highest BCUT2D eigenvalue weighted by Gasteiger charge is 2.36. The van der Waals surface area contributed by atoms with E-state index in [0.29, 0.717) is 12.8 Å². The van der Waals surface area contributed by atoms with Crippen molar-refractivity contribution in [2.75, 3.05) is 0 Å². The van der Waals surface area contributed by atoms with Crippen molar-refractivity contribution in [1.29, 1.82) is 0 Å². The first-order valence-corrected chi connectivity index (χ1v) is 35.9. The van der Waals surface area contributed by atoms with Crippen LogP contribution in [-0.2, 0) is 4.74 Å². The molecule has 0 saturated heterocycles. The molecule has 0 heterocycles. The van der Waals surface area contributed by atoms with Crippen molar-refractivity contribution in [1.82, 2.24) is 0 Å². The number of hydrogen-bond acceptors (Lipinski definition) is 3. The molecule has 452 valence electrons. The van der Waals surface area contributed by atoms with Crippen molar-refractivity contribution in [3.8, 4) is 0 Å². The fourth-order valence-electron chi connectivity index (χ4n) is 12.3. The maximum absolute atomic E-state index is 11.2. The summed E-state index contributed by atoms with van der Waals surface area (Å²) in [5, 5.41) is 22.4. The molecule has 8 unspecified atom stereocenters. The molecule has 0 amide bonds. The first-order chi connectivity index (χ1) is 36.7. The number of alkyl halides is 2. The lowest BCUT2D eigenvalue weighted by Crippen LogP contribution is -2.42. The molecule has 0 spiro atoms. The molecule has 75 heavy (non-hydrogen) atoms. The maximum atomic E-state index is 11.2. The zero-order chi connectivity index (χ0) is 54.9. The Bertz CT molecular complexity index is 974. The molecule has 0 radical (unpaired) electrons. The van der Waals surface area contributed by atoms with Gasteiger partial charge < -0.3 is 14.9 Å². The number of aliphatic hydroxyl groups excluding tert-OH is 2. The molecule has 3 nitrogen and oxygen atoms in total. The van der Waals surface area contributed by atoms with Crippen LogP contribution in [0, 0.1) is 11.8 Å². The van der Waals surface area contributed by atoms with E-state index in [1.165, 1.54) is 321 Å². The highest BCUT2D eigenvalue weighted by atomic mass is 35.5. The summed E-state index contributed by atoms with van der Waals surface area (Å²) in [4.78, 5) is 0. The predicted octanol–water partition coefficient (Wildman–Crippen LogP) is 24.9. The van der Waals surface area contributed by atoms with Gasteiger partial charge in [-0.25, -0.2) is 0 Å². The Hall–Kier alpha value is 0.460. The molecule has 0 aliphatic rings. The van der Waals surface area contributed by atoms with Gasteiger partial charge in [-0.2, -0.15) is 0 Å². The Morgan fingerprint density at radius 1 is 0.253 bits per heavy atom. The molecule has 0 rings (SSSR count). The van der Waals surface area contributed by atoms with Gasteiger partial charge in [-0.05, 0) is 52.4 Å². The fraction of sp³-hybridized carbons (Fsp3) is 1.00. The van der Waals surface area contributed by atoms with E-state index in [1.54, 1.807) is 0 Å². The van der Waals surface area contributed by atoms with Gasteiger partial charge in [0.25, 0.3) is 0 Å². The Balaban J connectivity index is 5.90. The molecule has 0 fully saturated rings. The van der Waals surface area contributed by atoms with Crippen LogP contribution in [0.5, 0.6) is 0 Å². The van der Waals surface area contributed by atoms with Crippen LogP contribution in [0.2, 0.25) is 0 Å². The third-order valence-corrected chi connectivity index (χ3v) is 18.4. The second-order valence-corrected chi connectivity index (χ2v) is 26.3. The summed E-state index contributed by atoms with van der Waals surface area (Å²) in [6.07, 6.45) is 71.7. The van der Waals surface area contributed by atoms with E-state index in [2.05, 4.69) is 27.7 Å². The smallest absolute Gasteiger partial charge is 0.0645 e. The first kappa shape index (κ1) is 75.5. The van der Waals surface area contributed by atoms with Crippen LogP contribution >= 0.6 is 23.2 Å². The lowest BCUT2D eigenvalue weighted by atomic mass is 9.84. The number of halogens is 2. The van der Waals surface area contributed by atoms with Crippen LogP contribution in [0.15, 0.2) is 0 Å². The Morgan fingerprint density at radius 3 is 0.587 bits per heavy atom. The summed E-state index contributed by atoms with van der Waals surface area (Å²) in [5.74, 6) is 0.362. The summed E-state index contributed by atoms with van der Waals surface area (Å²) in [6, 6.07) is 0. The summed E-state index contributed by atoms with van der Waals surface area (Å²) < 4.78 is 7.50. The molecule has 0 bridgehead atoms. The Morgan fingerprint density at radius 2 is 0.413 bits per heavy atom. The van der Waals surface area contributed by atoms with Crippen LogP contribution < -0.4 is 0 Å². The van der Waals surface area contributed by atoms with E-state index in [0.717, 1.165) is 25.7 Å². The summed E-state index contributed by atoms with van der Waals surface area (Å²) in [6.45, 7) is 13.1. The molecular weight excluding hydrogens is 960 g/mol. The first-order valence-electron chi connectivity index (χ1n) is 35.0. The number of aliphatic hydroxyl groups is 2. The van der Waals surface area contributed by atoms with Crippen molar-refractivity contribution in [3.63, 3.8) is 0 Å². The zero-order valence-electron chi connectivity index (χ0n) is 52.3. The highest BCUT2D eigenvalue weighted by Crippen LogP contribution is 2.37. The van der Waals surface area contributed by atoms with Gasteiger partial charge >= 0.3 is 0 Å². The van der Waals surface area contributed by atoms with Gasteiger partial charge in [-0.3, -0.25) is 0 Å². The van der Waals surface area contributed by atoms with Gasteiger partial charge in [-0.15, -0.1) is 23.2 Å². The molecule has 0 saturated carbocycles. The van der Waals surface area contributed by atoms with Crippen LogP contribution in [0.4, 0.5) is 0 Å². The van der Waals surface area contributed by atoms with Crippen LogP contribution in [-0.4, -0.2) is 45.4 Å². The van der Waals surface area contributed by atoms with Gasteiger partial charge in [-0.1, -0.05) is 349 Å². The second-order valence-electron chi connectivity index (χ2n) is 25.2. The van der Waals surface area contributed by atoms with Crippen LogP contribution in [0.3, 0.4) is 0 Å². The average molecular weight is 1100 g/mol.